The summed E-state index contributed by atoms with van der Waals surface area (Å²) in [5.74, 6) is -0.0121. The lowest BCUT2D eigenvalue weighted by atomic mass is 10.1. The monoisotopic (exact) mass is 321 g/mol. The van der Waals surface area contributed by atoms with Crippen molar-refractivity contribution in [1.82, 2.24) is 5.32 Å². The molecule has 0 aromatic heterocycles. The van der Waals surface area contributed by atoms with E-state index in [4.69, 9.17) is 16.3 Å². The molecule has 0 spiro atoms. The Hall–Kier alpha value is -2.07. The van der Waals surface area contributed by atoms with Crippen molar-refractivity contribution >= 4 is 17.5 Å². The van der Waals surface area contributed by atoms with Crippen LogP contribution in [0.2, 0.25) is 5.02 Å². The number of amides is 1. The highest BCUT2D eigenvalue weighted by Gasteiger charge is 2.15. The standard InChI is InChI=1S/C17H17ClFNO2/c1-12(22-16-5-3-2-4-15(16)18)17(21)20-11-10-13-6-8-14(19)9-7-13/h2-9,12H,10-11H2,1H3,(H,20,21)/t12-/m0/s1. The Morgan fingerprint density at radius 2 is 1.91 bits per heavy atom. The van der Waals surface area contributed by atoms with Gasteiger partial charge in [0, 0.05) is 6.54 Å². The van der Waals surface area contributed by atoms with Crippen molar-refractivity contribution in [1.29, 1.82) is 0 Å². The molecule has 0 aliphatic rings. The fourth-order valence-electron chi connectivity index (χ4n) is 1.91. The molecular formula is C17H17ClFNO2. The third-order valence-electron chi connectivity index (χ3n) is 3.14. The Kier molecular flexibility index (Phi) is 5.78. The number of ether oxygens (including phenoxy) is 1. The van der Waals surface area contributed by atoms with E-state index in [1.807, 2.05) is 0 Å². The molecule has 0 radical (unpaired) electrons. The maximum atomic E-state index is 12.8. The van der Waals surface area contributed by atoms with Crippen molar-refractivity contribution in [3.63, 3.8) is 0 Å². The zero-order chi connectivity index (χ0) is 15.9. The average molecular weight is 322 g/mol. The van der Waals surface area contributed by atoms with Gasteiger partial charge in [0.15, 0.2) is 6.10 Å². The first-order chi connectivity index (χ1) is 10.6. The van der Waals surface area contributed by atoms with E-state index in [2.05, 4.69) is 5.32 Å². The molecule has 0 bridgehead atoms. The summed E-state index contributed by atoms with van der Waals surface area (Å²) in [6.07, 6.45) is -0.0155. The predicted molar refractivity (Wildman–Crippen MR) is 84.7 cm³/mol. The van der Waals surface area contributed by atoms with Gasteiger partial charge in [-0.15, -0.1) is 0 Å². The van der Waals surface area contributed by atoms with Crippen LogP contribution >= 0.6 is 11.6 Å². The normalized spacial score (nSPS) is 11.8. The molecule has 2 aromatic carbocycles. The Balaban J connectivity index is 1.79. The minimum Gasteiger partial charge on any atom is -0.479 e. The number of para-hydroxylation sites is 1. The molecule has 3 nitrogen and oxygen atoms in total. The van der Waals surface area contributed by atoms with Crippen molar-refractivity contribution in [2.75, 3.05) is 6.54 Å². The summed E-state index contributed by atoms with van der Waals surface area (Å²) in [5.41, 5.74) is 0.960. The molecule has 0 unspecified atom stereocenters. The first kappa shape index (κ1) is 16.3. The van der Waals surface area contributed by atoms with Crippen LogP contribution in [0, 0.1) is 5.82 Å². The van der Waals surface area contributed by atoms with Crippen LogP contribution in [-0.2, 0) is 11.2 Å². The molecular weight excluding hydrogens is 305 g/mol. The molecule has 0 aliphatic carbocycles. The Morgan fingerprint density at radius 3 is 2.59 bits per heavy atom. The maximum absolute atomic E-state index is 12.8. The average Bonchev–Trinajstić information content (AvgIpc) is 2.51. The topological polar surface area (TPSA) is 38.3 Å². The van der Waals surface area contributed by atoms with Crippen LogP contribution in [0.15, 0.2) is 48.5 Å². The molecule has 1 amide bonds. The van der Waals surface area contributed by atoms with E-state index >= 15 is 0 Å². The van der Waals surface area contributed by atoms with Gasteiger partial charge >= 0.3 is 0 Å². The van der Waals surface area contributed by atoms with Gasteiger partial charge in [0.2, 0.25) is 0 Å². The number of nitrogens with one attached hydrogen (secondary N) is 1. The van der Waals surface area contributed by atoms with E-state index in [0.29, 0.717) is 23.7 Å². The van der Waals surface area contributed by atoms with E-state index in [1.165, 1.54) is 12.1 Å². The molecule has 1 N–H and O–H groups in total. The zero-order valence-corrected chi connectivity index (χ0v) is 12.9. The van der Waals surface area contributed by atoms with Crippen LogP contribution in [0.4, 0.5) is 4.39 Å². The lowest BCUT2D eigenvalue weighted by Gasteiger charge is -2.15. The van der Waals surface area contributed by atoms with E-state index in [0.717, 1.165) is 5.56 Å². The Bertz CT molecular complexity index is 631. The van der Waals surface area contributed by atoms with Gasteiger partial charge in [-0.25, -0.2) is 4.39 Å². The number of benzene rings is 2. The lowest BCUT2D eigenvalue weighted by Crippen LogP contribution is -2.37. The lowest BCUT2D eigenvalue weighted by molar-refractivity contribution is -0.127. The van der Waals surface area contributed by atoms with Crippen molar-refractivity contribution < 1.29 is 13.9 Å². The summed E-state index contributed by atoms with van der Waals surface area (Å²) in [7, 11) is 0. The molecule has 0 aliphatic heterocycles. The van der Waals surface area contributed by atoms with Gasteiger partial charge in [-0.1, -0.05) is 35.9 Å². The summed E-state index contributed by atoms with van der Waals surface area (Å²) in [6.45, 7) is 2.12. The molecule has 0 saturated carbocycles. The molecule has 1 atom stereocenters. The third-order valence-corrected chi connectivity index (χ3v) is 3.45. The van der Waals surface area contributed by atoms with Crippen LogP contribution in [0.1, 0.15) is 12.5 Å². The SMILES string of the molecule is C[C@H](Oc1ccccc1Cl)C(=O)NCCc1ccc(F)cc1. The number of rotatable bonds is 6. The van der Waals surface area contributed by atoms with E-state index in [9.17, 15) is 9.18 Å². The Morgan fingerprint density at radius 1 is 1.23 bits per heavy atom. The zero-order valence-electron chi connectivity index (χ0n) is 12.2. The van der Waals surface area contributed by atoms with E-state index in [1.54, 1.807) is 43.3 Å². The van der Waals surface area contributed by atoms with Crippen LogP contribution in [0.25, 0.3) is 0 Å². The van der Waals surface area contributed by atoms with Gasteiger partial charge in [0.25, 0.3) is 5.91 Å². The van der Waals surface area contributed by atoms with Crippen LogP contribution in [0.3, 0.4) is 0 Å². The smallest absolute Gasteiger partial charge is 0.260 e. The van der Waals surface area contributed by atoms with E-state index < -0.39 is 6.10 Å². The molecule has 2 rings (SSSR count). The summed E-state index contributed by atoms with van der Waals surface area (Å²) in [6, 6.07) is 13.2. The first-order valence-corrected chi connectivity index (χ1v) is 7.37. The van der Waals surface area contributed by atoms with Gasteiger partial charge in [0.1, 0.15) is 11.6 Å². The number of halogens is 2. The number of carbonyl (C=O) groups excluding carboxylic acids is 1. The minimum absolute atomic E-state index is 0.220. The van der Waals surface area contributed by atoms with Gasteiger partial charge in [-0.05, 0) is 43.2 Å². The van der Waals surface area contributed by atoms with Crippen LogP contribution in [-0.4, -0.2) is 18.6 Å². The van der Waals surface area contributed by atoms with Crippen molar-refractivity contribution in [2.24, 2.45) is 0 Å². The molecule has 0 saturated heterocycles. The molecule has 5 heteroatoms. The molecule has 0 heterocycles. The second kappa shape index (κ2) is 7.80. The summed E-state index contributed by atoms with van der Waals surface area (Å²) in [5, 5.41) is 3.25. The molecule has 2 aromatic rings. The van der Waals surface area contributed by atoms with Gasteiger partial charge in [0.05, 0.1) is 5.02 Å². The number of hydrogen-bond acceptors (Lipinski definition) is 2. The molecule has 0 fully saturated rings. The summed E-state index contributed by atoms with van der Waals surface area (Å²) >= 11 is 5.98. The number of hydrogen-bond donors (Lipinski definition) is 1. The van der Waals surface area contributed by atoms with Crippen molar-refractivity contribution in [3.05, 3.63) is 64.9 Å². The van der Waals surface area contributed by atoms with Gasteiger partial charge in [-0.2, -0.15) is 0 Å². The highest BCUT2D eigenvalue weighted by atomic mass is 35.5. The second-order valence-corrected chi connectivity index (χ2v) is 5.27. The highest BCUT2D eigenvalue weighted by molar-refractivity contribution is 6.32. The third kappa shape index (κ3) is 4.74. The predicted octanol–water partition coefficient (Wildman–Crippen LogP) is 3.61. The highest BCUT2D eigenvalue weighted by Crippen LogP contribution is 2.24. The van der Waals surface area contributed by atoms with Crippen LogP contribution in [0.5, 0.6) is 5.75 Å². The van der Waals surface area contributed by atoms with Gasteiger partial charge < -0.3 is 10.1 Å². The summed E-state index contributed by atoms with van der Waals surface area (Å²) < 4.78 is 18.3. The van der Waals surface area contributed by atoms with Gasteiger partial charge in [-0.3, -0.25) is 4.79 Å². The fraction of sp³-hybridized carbons (Fsp3) is 0.235. The first-order valence-electron chi connectivity index (χ1n) is 6.99. The van der Waals surface area contributed by atoms with Crippen molar-refractivity contribution in [3.8, 4) is 5.75 Å². The summed E-state index contributed by atoms with van der Waals surface area (Å²) in [4.78, 5) is 12.0. The largest absolute Gasteiger partial charge is 0.479 e. The van der Waals surface area contributed by atoms with Crippen molar-refractivity contribution in [2.45, 2.75) is 19.4 Å². The fourth-order valence-corrected chi connectivity index (χ4v) is 2.09. The minimum atomic E-state index is -0.645. The second-order valence-electron chi connectivity index (χ2n) is 4.86. The van der Waals surface area contributed by atoms with Crippen LogP contribution < -0.4 is 10.1 Å². The van der Waals surface area contributed by atoms with E-state index in [-0.39, 0.29) is 11.7 Å². The Labute approximate surface area is 134 Å². The maximum Gasteiger partial charge on any atom is 0.260 e. The molecule has 22 heavy (non-hydrogen) atoms. The molecule has 116 valence electrons. The number of carbonyl (C=O) groups is 1. The quantitative estimate of drug-likeness (QED) is 0.882.